The molecule has 0 spiro atoms. The number of aromatic nitrogens is 8. The first-order valence-corrected chi connectivity index (χ1v) is 39.9. The third-order valence-corrected chi connectivity index (χ3v) is 22.7. The van der Waals surface area contributed by atoms with Crippen molar-refractivity contribution in [1.29, 1.82) is 0 Å². The van der Waals surface area contributed by atoms with Crippen molar-refractivity contribution in [3.63, 3.8) is 0 Å². The van der Waals surface area contributed by atoms with Crippen molar-refractivity contribution in [3.05, 3.63) is 160 Å². The van der Waals surface area contributed by atoms with Gasteiger partial charge >= 0.3 is 54.8 Å². The maximum Gasteiger partial charge on any atom is 0.422 e. The number of urea groups is 4. The Balaban J connectivity index is 0.000000139. The van der Waals surface area contributed by atoms with Crippen LogP contribution < -0.4 is 60.5 Å². The monoisotopic (exact) mass is 1770 g/mol. The summed E-state index contributed by atoms with van der Waals surface area (Å²) in [6.07, 6.45) is -13.8. The van der Waals surface area contributed by atoms with Gasteiger partial charge < -0.3 is 24.3 Å². The van der Waals surface area contributed by atoms with Crippen LogP contribution in [0.3, 0.4) is 0 Å². The van der Waals surface area contributed by atoms with Crippen LogP contribution >= 0.6 is 34.8 Å². The number of anilines is 12. The minimum Gasteiger partial charge on any atom is -0.451 e. The molecule has 4 N–H and O–H groups in total. The molecule has 16 rings (SSSR count). The summed E-state index contributed by atoms with van der Waals surface area (Å²) in [5, 5.41) is 10.5. The smallest absolute Gasteiger partial charge is 0.422 e. The first-order chi connectivity index (χ1) is 57.2. The molecule has 8 aromatic rings. The van der Waals surface area contributed by atoms with Crippen molar-refractivity contribution < 1.29 is 99.4 Å². The Hall–Kier alpha value is -11.7. The van der Waals surface area contributed by atoms with Crippen LogP contribution in [0.5, 0.6) is 0 Å². The number of hydrogen-bond acceptors (Lipinski definition) is 22. The van der Waals surface area contributed by atoms with Gasteiger partial charge in [0.1, 0.15) is 34.7 Å². The van der Waals surface area contributed by atoms with Gasteiger partial charge in [0, 0.05) is 90.0 Å². The molecule has 8 aliphatic heterocycles. The number of hydrogen-bond donors (Lipinski definition) is 4. The van der Waals surface area contributed by atoms with E-state index in [0.29, 0.717) is 123 Å². The second kappa shape index (κ2) is 35.5. The van der Waals surface area contributed by atoms with Crippen LogP contribution in [0, 0.1) is 5.92 Å². The van der Waals surface area contributed by atoms with Gasteiger partial charge in [-0.1, -0.05) is 59.9 Å². The van der Waals surface area contributed by atoms with Gasteiger partial charge in [-0.3, -0.25) is 50.5 Å². The van der Waals surface area contributed by atoms with E-state index in [1.165, 1.54) is 80.8 Å². The number of esters is 1. The minimum absolute atomic E-state index is 0.0311. The van der Waals surface area contributed by atoms with E-state index in [-0.39, 0.29) is 80.4 Å². The Labute approximate surface area is 694 Å². The second-order valence-electron chi connectivity index (χ2n) is 28.6. The highest BCUT2D eigenvalue weighted by Crippen LogP contribution is 2.46. The minimum atomic E-state index is -4.64. The van der Waals surface area contributed by atoms with E-state index in [1.807, 2.05) is 19.6 Å². The molecule has 8 bridgehead atoms. The van der Waals surface area contributed by atoms with Gasteiger partial charge in [-0.2, -0.15) is 52.7 Å². The third-order valence-electron chi connectivity index (χ3n) is 20.2. The van der Waals surface area contributed by atoms with E-state index < -0.39 is 125 Å². The number of nitrogens with zero attached hydrogens (tertiary/aromatic N) is 16. The van der Waals surface area contributed by atoms with Gasteiger partial charge in [0.25, 0.3) is 0 Å². The van der Waals surface area contributed by atoms with Crippen molar-refractivity contribution in [1.82, 2.24) is 39.9 Å². The molecule has 4 fully saturated rings. The molecule has 16 heterocycles. The predicted octanol–water partition coefficient (Wildman–Crippen LogP) is 15.1. The van der Waals surface area contributed by atoms with Crippen LogP contribution in [0.15, 0.2) is 133 Å². The Morgan fingerprint density at radius 3 is 1.26 bits per heavy atom. The van der Waals surface area contributed by atoms with Crippen LogP contribution in [0.4, 0.5) is 141 Å². The maximum atomic E-state index is 13.0. The summed E-state index contributed by atoms with van der Waals surface area (Å²) in [6.45, 7) is 4.18. The van der Waals surface area contributed by atoms with Crippen molar-refractivity contribution in [2.45, 2.75) is 112 Å². The standard InChI is InChI=1S/C20H19ClF3N5O2.C19H17ClF3N5O2.C18H17ClF3N5O3S.C18H16F3N5O3/c1-11(20(22,23)24)8-15(30)17-13(21)9-14-18(27-17)29(12-5-7-28(14)10-12)19(31)26-16-4-2-3-6-25-16;20-12-9-13-17(26-16(12)14(29)4-6-19(21,22)23)28(11-5-8-27(13)10-11)18(30)25-15-3-1-2-7-24-15;19-11-1-3-14(23-9-11)24-17(28)27-12-5-7-26(10-12)13-2-4-15(25-16(13)27)31(29,30)8-6-18(20,21)22;19-18(20,21)10-29-16(27)12-4-5-13-15(23-12)26(11-6-8-25(13)9-11)17(28)24-14-3-1-2-7-22-14/h2-4,6,9,11-12H,5,7-8,10H2,1H3,(H,25,26,31);1-3,7,9,11H,4-6,8,10H2,(H,24,25,30);1-4,9,12H,5-8,10H2,(H,23,24,28);1-5,7,11H,6,8-10H2,(H,22,24,28)/t11-,12-;11-;12-;11-/m0000/s1. The number of halogens is 15. The summed E-state index contributed by atoms with van der Waals surface area (Å²) < 4.78 is 180. The number of nitrogens with one attached hydrogen (secondary N) is 4. The lowest BCUT2D eigenvalue weighted by atomic mass is 10.0. The predicted molar refractivity (Wildman–Crippen MR) is 420 cm³/mol. The average molecular weight is 1780 g/mol. The summed E-state index contributed by atoms with van der Waals surface area (Å²) in [7, 11) is -4.29. The van der Waals surface area contributed by atoms with Gasteiger partial charge in [0.15, 0.2) is 62.0 Å². The van der Waals surface area contributed by atoms with Crippen molar-refractivity contribution >= 4 is 156 Å². The lowest BCUT2D eigenvalue weighted by Gasteiger charge is -2.36. The van der Waals surface area contributed by atoms with E-state index >= 15 is 0 Å². The Morgan fingerprint density at radius 1 is 0.471 bits per heavy atom. The van der Waals surface area contributed by atoms with E-state index in [0.717, 1.165) is 6.92 Å². The highest BCUT2D eigenvalue weighted by atomic mass is 35.5. The van der Waals surface area contributed by atoms with Crippen LogP contribution in [0.2, 0.25) is 15.1 Å². The van der Waals surface area contributed by atoms with Gasteiger partial charge in [0.05, 0.1) is 86.5 Å². The average Bonchev–Trinajstić information content (AvgIpc) is 1.67. The molecule has 640 valence electrons. The van der Waals surface area contributed by atoms with Gasteiger partial charge in [-0.05, 0) is 111 Å². The molecule has 0 radical (unpaired) electrons. The molecular formula is C75H69Cl3F12N20O10S. The van der Waals surface area contributed by atoms with Crippen molar-refractivity contribution in [3.8, 4) is 0 Å². The molecule has 0 aromatic carbocycles. The molecule has 30 nitrogen and oxygen atoms in total. The number of pyridine rings is 8. The number of fused-ring (bicyclic) bond motifs is 16. The molecule has 0 aliphatic carbocycles. The summed E-state index contributed by atoms with van der Waals surface area (Å²) >= 11 is 18.2. The fourth-order valence-corrected chi connectivity index (χ4v) is 16.3. The first kappa shape index (κ1) is 87.1. The Bertz CT molecular complexity index is 5360. The number of sulfone groups is 1. The van der Waals surface area contributed by atoms with Gasteiger partial charge in [-0.25, -0.2) is 72.3 Å². The maximum absolute atomic E-state index is 13.0. The van der Waals surface area contributed by atoms with Crippen molar-refractivity contribution in [2.24, 2.45) is 5.92 Å². The second-order valence-corrected chi connectivity index (χ2v) is 31.9. The number of ketones is 2. The van der Waals surface area contributed by atoms with Gasteiger partial charge in [-0.15, -0.1) is 0 Å². The largest absolute Gasteiger partial charge is 0.451 e. The van der Waals surface area contributed by atoms with E-state index in [2.05, 4.69) is 65.9 Å². The van der Waals surface area contributed by atoms with Crippen LogP contribution in [0.1, 0.15) is 89.8 Å². The summed E-state index contributed by atoms with van der Waals surface area (Å²) in [5.41, 5.74) is 1.47. The van der Waals surface area contributed by atoms with Crippen LogP contribution in [-0.4, -0.2) is 204 Å². The Kier molecular flexibility index (Phi) is 25.6. The normalized spacial score (nSPS) is 18.0. The molecule has 0 unspecified atom stereocenters. The molecule has 8 aliphatic rings. The lowest BCUT2D eigenvalue weighted by molar-refractivity contribution is -0.168. The van der Waals surface area contributed by atoms with Crippen LogP contribution in [-0.2, 0) is 14.6 Å². The molecule has 121 heavy (non-hydrogen) atoms. The zero-order valence-corrected chi connectivity index (χ0v) is 66.1. The van der Waals surface area contributed by atoms with Crippen molar-refractivity contribution in [2.75, 3.05) is 125 Å². The van der Waals surface area contributed by atoms with E-state index in [9.17, 15) is 94.7 Å². The molecule has 5 atom stereocenters. The summed E-state index contributed by atoms with van der Waals surface area (Å²) in [6, 6.07) is 23.9. The number of amides is 8. The lowest BCUT2D eigenvalue weighted by Crippen LogP contribution is -2.48. The number of alkyl halides is 12. The molecule has 0 saturated carbocycles. The quantitative estimate of drug-likeness (QED) is 0.0421. The SMILES string of the molecule is C[C@@H](CC(=O)c1nc2c(cc1Cl)N1CC[C@@H](C1)N2C(=O)Nc1ccccn1)C(F)(F)F.O=C(CCC(F)(F)F)c1nc2c(cc1Cl)N1CC[C@@H](C1)N2C(=O)Nc1ccccn1.O=C(Nc1ccc(Cl)cn1)N1c2nc(S(=O)(=O)CCC(F)(F)F)ccc2N2CC[C@H]1C2.O=C(OCC(F)(F)F)c1ccc2c(n1)N(C(=O)Nc1ccccn1)[C@H]1CCN2C1. The fraction of sp³-hybridized carbons (Fsp3) is 0.373. The first-order valence-electron chi connectivity index (χ1n) is 37.1. The number of carbonyl (C=O) groups is 7. The van der Waals surface area contributed by atoms with E-state index in [1.54, 1.807) is 66.7 Å². The zero-order chi connectivity index (χ0) is 86.8. The summed E-state index contributed by atoms with van der Waals surface area (Å²) in [4.78, 5) is 135. The topological polar surface area (TPSA) is 340 Å². The molecule has 8 aromatic heterocycles. The highest BCUT2D eigenvalue weighted by Gasteiger charge is 2.47. The zero-order valence-electron chi connectivity index (χ0n) is 63.1. The van der Waals surface area contributed by atoms with Gasteiger partial charge in [0.2, 0.25) is 0 Å². The third kappa shape index (κ3) is 20.7. The Morgan fingerprint density at radius 2 is 0.868 bits per heavy atom. The number of rotatable bonds is 15. The number of Topliss-reactive ketones (excluding diaryl/α,β-unsaturated/α-hetero) is 2. The number of ether oxygens (including phenoxy) is 1. The highest BCUT2D eigenvalue weighted by molar-refractivity contribution is 7.91. The number of carbonyl (C=O) groups excluding carboxylic acids is 7. The molecule has 8 amide bonds. The summed E-state index contributed by atoms with van der Waals surface area (Å²) in [5.74, 6) is -3.82. The molecule has 46 heteroatoms. The van der Waals surface area contributed by atoms with E-state index in [4.69, 9.17) is 34.8 Å². The fourth-order valence-electron chi connectivity index (χ4n) is 14.5. The molecular weight excluding hydrogens is 1710 g/mol. The molecule has 4 saturated heterocycles. The van der Waals surface area contributed by atoms with Crippen LogP contribution in [0.25, 0.3) is 0 Å².